The van der Waals surface area contributed by atoms with Crippen LogP contribution in [0.5, 0.6) is 0 Å². The first-order valence-electron chi connectivity index (χ1n) is 7.75. The van der Waals surface area contributed by atoms with Crippen molar-refractivity contribution < 1.29 is 4.79 Å². The maximum absolute atomic E-state index is 12.4. The van der Waals surface area contributed by atoms with Crippen molar-refractivity contribution in [3.63, 3.8) is 0 Å². The van der Waals surface area contributed by atoms with Crippen molar-refractivity contribution >= 4 is 5.91 Å². The molecule has 1 aliphatic heterocycles. The Labute approximate surface area is 128 Å². The predicted octanol–water partition coefficient (Wildman–Crippen LogP) is 1.24. The Morgan fingerprint density at radius 2 is 1.90 bits per heavy atom. The van der Waals surface area contributed by atoms with Gasteiger partial charge in [-0.3, -0.25) is 9.69 Å². The highest BCUT2D eigenvalue weighted by molar-refractivity contribution is 5.78. The molecule has 1 aromatic rings. The molecule has 1 heterocycles. The molecule has 1 aliphatic rings. The van der Waals surface area contributed by atoms with E-state index in [1.807, 2.05) is 17.0 Å². The standard InChI is InChI=1S/C17H27N3O/c1-15-5-4-6-16(13-15)14-17(21)20-11-9-19(10-12-20)8-7-18(2)3/h4-6,13H,7-12,14H2,1-3H3. The summed E-state index contributed by atoms with van der Waals surface area (Å²) in [5.41, 5.74) is 2.34. The van der Waals surface area contributed by atoms with Gasteiger partial charge in [0.1, 0.15) is 0 Å². The molecule has 1 aromatic carbocycles. The number of hydrogen-bond donors (Lipinski definition) is 0. The lowest BCUT2D eigenvalue weighted by Crippen LogP contribution is -2.50. The second-order valence-corrected chi connectivity index (χ2v) is 6.19. The molecule has 0 bridgehead atoms. The Hall–Kier alpha value is -1.39. The van der Waals surface area contributed by atoms with Crippen molar-refractivity contribution in [1.29, 1.82) is 0 Å². The van der Waals surface area contributed by atoms with Crippen LogP contribution in [-0.4, -0.2) is 74.0 Å². The second kappa shape index (κ2) is 7.57. The number of rotatable bonds is 5. The summed E-state index contributed by atoms with van der Waals surface area (Å²) in [5, 5.41) is 0. The normalized spacial score (nSPS) is 16.5. The Morgan fingerprint density at radius 1 is 1.19 bits per heavy atom. The van der Waals surface area contributed by atoms with Crippen LogP contribution < -0.4 is 0 Å². The number of carbonyl (C=O) groups is 1. The summed E-state index contributed by atoms with van der Waals surface area (Å²) in [5.74, 6) is 0.257. The summed E-state index contributed by atoms with van der Waals surface area (Å²) >= 11 is 0. The molecule has 2 rings (SSSR count). The summed E-state index contributed by atoms with van der Waals surface area (Å²) in [6, 6.07) is 8.23. The third-order valence-electron chi connectivity index (χ3n) is 4.03. The second-order valence-electron chi connectivity index (χ2n) is 6.19. The van der Waals surface area contributed by atoms with E-state index in [0.717, 1.165) is 44.8 Å². The Morgan fingerprint density at radius 3 is 2.52 bits per heavy atom. The van der Waals surface area contributed by atoms with Crippen molar-refractivity contribution in [3.8, 4) is 0 Å². The largest absolute Gasteiger partial charge is 0.340 e. The topological polar surface area (TPSA) is 26.8 Å². The van der Waals surface area contributed by atoms with E-state index in [4.69, 9.17) is 0 Å². The van der Waals surface area contributed by atoms with Gasteiger partial charge in [-0.2, -0.15) is 0 Å². The molecule has 0 atom stereocenters. The minimum Gasteiger partial charge on any atom is -0.340 e. The number of nitrogens with zero attached hydrogens (tertiary/aromatic N) is 3. The molecule has 0 saturated carbocycles. The molecule has 0 aliphatic carbocycles. The summed E-state index contributed by atoms with van der Waals surface area (Å²) in [6.07, 6.45) is 0.527. The zero-order valence-corrected chi connectivity index (χ0v) is 13.5. The molecular weight excluding hydrogens is 262 g/mol. The highest BCUT2D eigenvalue weighted by atomic mass is 16.2. The average Bonchev–Trinajstić information content (AvgIpc) is 2.45. The molecular formula is C17H27N3O. The van der Waals surface area contributed by atoms with E-state index in [1.165, 1.54) is 5.56 Å². The molecule has 0 N–H and O–H groups in total. The number of hydrogen-bond acceptors (Lipinski definition) is 3. The Balaban J connectivity index is 1.78. The van der Waals surface area contributed by atoms with E-state index in [2.05, 4.69) is 43.0 Å². The number of aryl methyl sites for hydroxylation is 1. The molecule has 1 saturated heterocycles. The van der Waals surface area contributed by atoms with Gasteiger partial charge in [-0.1, -0.05) is 29.8 Å². The summed E-state index contributed by atoms with van der Waals surface area (Å²) < 4.78 is 0. The van der Waals surface area contributed by atoms with Crippen LogP contribution in [0.1, 0.15) is 11.1 Å². The van der Waals surface area contributed by atoms with Gasteiger partial charge in [0, 0.05) is 39.3 Å². The highest BCUT2D eigenvalue weighted by Crippen LogP contribution is 2.09. The minimum atomic E-state index is 0.257. The maximum Gasteiger partial charge on any atom is 0.227 e. The number of amides is 1. The fraction of sp³-hybridized carbons (Fsp3) is 0.588. The van der Waals surface area contributed by atoms with Crippen molar-refractivity contribution in [2.24, 2.45) is 0 Å². The molecule has 1 amide bonds. The van der Waals surface area contributed by atoms with Crippen LogP contribution in [0.25, 0.3) is 0 Å². The van der Waals surface area contributed by atoms with Gasteiger partial charge in [0.2, 0.25) is 5.91 Å². The lowest BCUT2D eigenvalue weighted by atomic mass is 10.1. The van der Waals surface area contributed by atoms with Crippen molar-refractivity contribution in [2.45, 2.75) is 13.3 Å². The van der Waals surface area contributed by atoms with Gasteiger partial charge in [0.25, 0.3) is 0 Å². The van der Waals surface area contributed by atoms with Gasteiger partial charge in [0.05, 0.1) is 6.42 Å². The van der Waals surface area contributed by atoms with Crippen molar-refractivity contribution in [2.75, 3.05) is 53.4 Å². The van der Waals surface area contributed by atoms with Gasteiger partial charge < -0.3 is 9.80 Å². The Kier molecular flexibility index (Phi) is 5.76. The zero-order chi connectivity index (χ0) is 15.2. The van der Waals surface area contributed by atoms with Crippen LogP contribution in [0, 0.1) is 6.92 Å². The lowest BCUT2D eigenvalue weighted by Gasteiger charge is -2.35. The number of piperazine rings is 1. The number of likely N-dealkylation sites (N-methyl/N-ethyl adjacent to an activating group) is 1. The fourth-order valence-electron chi connectivity index (χ4n) is 2.67. The van der Waals surface area contributed by atoms with E-state index < -0.39 is 0 Å². The SMILES string of the molecule is Cc1cccc(CC(=O)N2CCN(CCN(C)C)CC2)c1. The molecule has 21 heavy (non-hydrogen) atoms. The molecule has 1 fully saturated rings. The van der Waals surface area contributed by atoms with Crippen LogP contribution in [0.4, 0.5) is 0 Å². The van der Waals surface area contributed by atoms with Crippen molar-refractivity contribution in [1.82, 2.24) is 14.7 Å². The molecule has 0 spiro atoms. The maximum atomic E-state index is 12.4. The molecule has 4 nitrogen and oxygen atoms in total. The smallest absolute Gasteiger partial charge is 0.227 e. The first-order chi connectivity index (χ1) is 10.0. The third kappa shape index (κ3) is 5.14. The van der Waals surface area contributed by atoms with Crippen LogP contribution in [0.2, 0.25) is 0 Å². The molecule has 0 radical (unpaired) electrons. The minimum absolute atomic E-state index is 0.257. The van der Waals surface area contributed by atoms with Gasteiger partial charge in [-0.25, -0.2) is 0 Å². The lowest BCUT2D eigenvalue weighted by molar-refractivity contribution is -0.132. The van der Waals surface area contributed by atoms with Gasteiger partial charge in [0.15, 0.2) is 0 Å². The summed E-state index contributed by atoms with van der Waals surface area (Å²) in [7, 11) is 4.20. The number of benzene rings is 1. The fourth-order valence-corrected chi connectivity index (χ4v) is 2.67. The van der Waals surface area contributed by atoms with Crippen LogP contribution in [0.3, 0.4) is 0 Å². The van der Waals surface area contributed by atoms with E-state index >= 15 is 0 Å². The summed E-state index contributed by atoms with van der Waals surface area (Å²) in [4.78, 5) is 19.0. The first-order valence-corrected chi connectivity index (χ1v) is 7.75. The predicted molar refractivity (Wildman–Crippen MR) is 86.5 cm³/mol. The molecule has 4 heteroatoms. The van der Waals surface area contributed by atoms with Gasteiger partial charge in [-0.05, 0) is 26.6 Å². The molecule has 0 unspecified atom stereocenters. The Bertz CT molecular complexity index is 465. The van der Waals surface area contributed by atoms with Crippen LogP contribution >= 0.6 is 0 Å². The van der Waals surface area contributed by atoms with E-state index in [0.29, 0.717) is 6.42 Å². The quantitative estimate of drug-likeness (QED) is 0.816. The number of carbonyl (C=O) groups excluding carboxylic acids is 1. The highest BCUT2D eigenvalue weighted by Gasteiger charge is 2.20. The van der Waals surface area contributed by atoms with Gasteiger partial charge >= 0.3 is 0 Å². The van der Waals surface area contributed by atoms with Crippen molar-refractivity contribution in [3.05, 3.63) is 35.4 Å². The van der Waals surface area contributed by atoms with E-state index in [1.54, 1.807) is 0 Å². The first kappa shape index (κ1) is 16.0. The monoisotopic (exact) mass is 289 g/mol. The van der Waals surface area contributed by atoms with Crippen LogP contribution in [0.15, 0.2) is 24.3 Å². The van der Waals surface area contributed by atoms with Gasteiger partial charge in [-0.15, -0.1) is 0 Å². The average molecular weight is 289 g/mol. The van der Waals surface area contributed by atoms with E-state index in [9.17, 15) is 4.79 Å². The van der Waals surface area contributed by atoms with Crippen LogP contribution in [-0.2, 0) is 11.2 Å². The third-order valence-corrected chi connectivity index (χ3v) is 4.03. The zero-order valence-electron chi connectivity index (χ0n) is 13.5. The molecule has 0 aromatic heterocycles. The molecule has 116 valence electrons. The van der Waals surface area contributed by atoms with E-state index in [-0.39, 0.29) is 5.91 Å². The summed E-state index contributed by atoms with van der Waals surface area (Å²) in [6.45, 7) is 7.94.